The van der Waals surface area contributed by atoms with Crippen molar-refractivity contribution in [3.8, 4) is 11.1 Å². The van der Waals surface area contributed by atoms with Crippen LogP contribution in [0.5, 0.6) is 0 Å². The van der Waals surface area contributed by atoms with E-state index in [1.165, 1.54) is 0 Å². The van der Waals surface area contributed by atoms with Crippen molar-refractivity contribution in [1.29, 1.82) is 0 Å². The fourth-order valence-electron chi connectivity index (χ4n) is 2.15. The monoisotopic (exact) mass is 241 g/mol. The lowest BCUT2D eigenvalue weighted by molar-refractivity contribution is -0.136. The zero-order chi connectivity index (χ0) is 13.1. The first kappa shape index (κ1) is 12.2. The average molecular weight is 241 g/mol. The zero-order valence-corrected chi connectivity index (χ0v) is 10.2. The summed E-state index contributed by atoms with van der Waals surface area (Å²) in [6.45, 7) is 1.91. The first-order valence-corrected chi connectivity index (χ1v) is 5.74. The number of anilines is 1. The van der Waals surface area contributed by atoms with Crippen LogP contribution in [0.25, 0.3) is 11.1 Å². The van der Waals surface area contributed by atoms with Crippen molar-refractivity contribution in [2.75, 3.05) is 5.73 Å². The molecule has 0 aliphatic heterocycles. The van der Waals surface area contributed by atoms with Crippen molar-refractivity contribution in [2.24, 2.45) is 0 Å². The van der Waals surface area contributed by atoms with Crippen LogP contribution in [-0.2, 0) is 11.2 Å². The number of aliphatic carboxylic acids is 1. The molecular formula is C15H15NO2. The molecule has 0 saturated heterocycles. The molecule has 18 heavy (non-hydrogen) atoms. The molecule has 0 amide bonds. The third-order valence-electron chi connectivity index (χ3n) is 2.80. The highest BCUT2D eigenvalue weighted by atomic mass is 16.4. The minimum Gasteiger partial charge on any atom is -0.481 e. The van der Waals surface area contributed by atoms with Crippen LogP contribution in [0.1, 0.15) is 11.1 Å². The lowest BCUT2D eigenvalue weighted by Gasteiger charge is -2.13. The third kappa shape index (κ3) is 2.51. The van der Waals surface area contributed by atoms with E-state index in [9.17, 15) is 4.79 Å². The van der Waals surface area contributed by atoms with Crippen molar-refractivity contribution in [3.63, 3.8) is 0 Å². The molecule has 0 aliphatic rings. The maximum Gasteiger partial charge on any atom is 0.307 e. The number of hydrogen-bond acceptors (Lipinski definition) is 2. The molecule has 0 aromatic heterocycles. The Labute approximate surface area is 106 Å². The second-order valence-electron chi connectivity index (χ2n) is 4.32. The molecule has 0 aliphatic carbocycles. The number of rotatable bonds is 3. The van der Waals surface area contributed by atoms with Crippen molar-refractivity contribution < 1.29 is 9.90 Å². The van der Waals surface area contributed by atoms with Crippen molar-refractivity contribution in [2.45, 2.75) is 13.3 Å². The van der Waals surface area contributed by atoms with Crippen LogP contribution in [0, 0.1) is 6.92 Å². The van der Waals surface area contributed by atoms with Gasteiger partial charge in [0.15, 0.2) is 0 Å². The first-order valence-electron chi connectivity index (χ1n) is 5.74. The fraction of sp³-hybridized carbons (Fsp3) is 0.133. The number of benzene rings is 2. The SMILES string of the molecule is Cc1cc(N)c(-c2ccccc2)c(CC(=O)O)c1. The largest absolute Gasteiger partial charge is 0.481 e. The highest BCUT2D eigenvalue weighted by Gasteiger charge is 2.12. The second kappa shape index (κ2) is 4.92. The van der Waals surface area contributed by atoms with Gasteiger partial charge in [0.05, 0.1) is 6.42 Å². The predicted molar refractivity (Wildman–Crippen MR) is 72.4 cm³/mol. The fourth-order valence-corrected chi connectivity index (χ4v) is 2.15. The Balaban J connectivity index is 2.61. The number of nitrogen functional groups attached to an aromatic ring is 1. The maximum absolute atomic E-state index is 10.9. The van der Waals surface area contributed by atoms with Gasteiger partial charge in [-0.1, -0.05) is 36.4 Å². The smallest absolute Gasteiger partial charge is 0.307 e. The van der Waals surface area contributed by atoms with E-state index in [0.717, 1.165) is 22.3 Å². The molecule has 0 heterocycles. The lowest BCUT2D eigenvalue weighted by Crippen LogP contribution is -2.04. The van der Waals surface area contributed by atoms with Crippen LogP contribution in [0.4, 0.5) is 5.69 Å². The zero-order valence-electron chi connectivity index (χ0n) is 10.2. The van der Waals surface area contributed by atoms with Gasteiger partial charge in [-0.05, 0) is 29.7 Å². The van der Waals surface area contributed by atoms with Crippen LogP contribution >= 0.6 is 0 Å². The summed E-state index contributed by atoms with van der Waals surface area (Å²) in [7, 11) is 0. The average Bonchev–Trinajstić information content (AvgIpc) is 2.28. The molecule has 0 radical (unpaired) electrons. The number of carboxylic acid groups (broad SMARTS) is 1. The van der Waals surface area contributed by atoms with Crippen LogP contribution < -0.4 is 5.73 Å². The predicted octanol–water partition coefficient (Wildman–Crippen LogP) is 2.87. The molecule has 3 heteroatoms. The molecule has 92 valence electrons. The van der Waals surface area contributed by atoms with E-state index in [1.54, 1.807) is 0 Å². The van der Waals surface area contributed by atoms with E-state index in [2.05, 4.69) is 0 Å². The van der Waals surface area contributed by atoms with Gasteiger partial charge in [-0.3, -0.25) is 4.79 Å². The van der Waals surface area contributed by atoms with Gasteiger partial charge in [0.25, 0.3) is 0 Å². The topological polar surface area (TPSA) is 63.3 Å². The standard InChI is InChI=1S/C15H15NO2/c1-10-7-12(9-14(17)18)15(13(16)8-10)11-5-3-2-4-6-11/h2-8H,9,16H2,1H3,(H,17,18). The maximum atomic E-state index is 10.9. The Morgan fingerprint density at radius 3 is 2.50 bits per heavy atom. The number of carboxylic acids is 1. The summed E-state index contributed by atoms with van der Waals surface area (Å²) in [6, 6.07) is 13.4. The van der Waals surface area contributed by atoms with Gasteiger partial charge in [0.2, 0.25) is 0 Å². The van der Waals surface area contributed by atoms with Crippen LogP contribution in [0.3, 0.4) is 0 Å². The summed E-state index contributed by atoms with van der Waals surface area (Å²) in [5.41, 5.74) is 10.2. The molecule has 0 saturated carbocycles. The normalized spacial score (nSPS) is 10.3. The molecule has 0 bridgehead atoms. The van der Waals surface area contributed by atoms with Gasteiger partial charge in [-0.25, -0.2) is 0 Å². The number of nitrogens with two attached hydrogens (primary N) is 1. The van der Waals surface area contributed by atoms with Crippen LogP contribution in [0.15, 0.2) is 42.5 Å². The molecule has 2 aromatic rings. The Morgan fingerprint density at radius 2 is 1.89 bits per heavy atom. The Bertz CT molecular complexity index is 577. The Morgan fingerprint density at radius 1 is 1.22 bits per heavy atom. The molecule has 2 aromatic carbocycles. The second-order valence-corrected chi connectivity index (χ2v) is 4.32. The summed E-state index contributed by atoms with van der Waals surface area (Å²) in [6.07, 6.45) is -0.0178. The summed E-state index contributed by atoms with van der Waals surface area (Å²) in [4.78, 5) is 10.9. The van der Waals surface area contributed by atoms with E-state index in [-0.39, 0.29) is 6.42 Å². The molecule has 0 unspecified atom stereocenters. The molecule has 0 atom stereocenters. The van der Waals surface area contributed by atoms with E-state index >= 15 is 0 Å². The van der Waals surface area contributed by atoms with Crippen molar-refractivity contribution in [3.05, 3.63) is 53.6 Å². The highest BCUT2D eigenvalue weighted by Crippen LogP contribution is 2.31. The van der Waals surface area contributed by atoms with Crippen LogP contribution in [-0.4, -0.2) is 11.1 Å². The number of hydrogen-bond donors (Lipinski definition) is 2. The van der Waals surface area contributed by atoms with Crippen molar-refractivity contribution in [1.82, 2.24) is 0 Å². The van der Waals surface area contributed by atoms with Gasteiger partial charge in [-0.2, -0.15) is 0 Å². The number of aryl methyl sites for hydroxylation is 1. The molecule has 0 spiro atoms. The molecule has 2 rings (SSSR count). The van der Waals surface area contributed by atoms with Gasteiger partial charge < -0.3 is 10.8 Å². The van der Waals surface area contributed by atoms with Crippen LogP contribution in [0.2, 0.25) is 0 Å². The number of carbonyl (C=O) groups is 1. The van der Waals surface area contributed by atoms with Gasteiger partial charge in [-0.15, -0.1) is 0 Å². The minimum atomic E-state index is -0.850. The molecule has 0 fully saturated rings. The molecule has 3 N–H and O–H groups in total. The summed E-state index contributed by atoms with van der Waals surface area (Å²) in [5, 5.41) is 8.98. The third-order valence-corrected chi connectivity index (χ3v) is 2.80. The highest BCUT2D eigenvalue weighted by molar-refractivity contribution is 5.84. The van der Waals surface area contributed by atoms with Crippen molar-refractivity contribution >= 4 is 11.7 Å². The summed E-state index contributed by atoms with van der Waals surface area (Å²) < 4.78 is 0. The Kier molecular flexibility index (Phi) is 3.33. The van der Waals surface area contributed by atoms with E-state index in [1.807, 2.05) is 49.4 Å². The van der Waals surface area contributed by atoms with E-state index < -0.39 is 5.97 Å². The van der Waals surface area contributed by atoms with E-state index in [4.69, 9.17) is 10.8 Å². The first-order chi connectivity index (χ1) is 8.58. The van der Waals surface area contributed by atoms with E-state index in [0.29, 0.717) is 5.69 Å². The lowest BCUT2D eigenvalue weighted by atomic mass is 9.94. The molecule has 3 nitrogen and oxygen atoms in total. The molecular weight excluding hydrogens is 226 g/mol. The van der Waals surface area contributed by atoms with Gasteiger partial charge in [0, 0.05) is 11.3 Å². The quantitative estimate of drug-likeness (QED) is 0.812. The summed E-state index contributed by atoms with van der Waals surface area (Å²) >= 11 is 0. The summed E-state index contributed by atoms with van der Waals surface area (Å²) in [5.74, 6) is -0.850. The Hall–Kier alpha value is -2.29. The van der Waals surface area contributed by atoms with Gasteiger partial charge >= 0.3 is 5.97 Å². The minimum absolute atomic E-state index is 0.0178. The van der Waals surface area contributed by atoms with Gasteiger partial charge in [0.1, 0.15) is 0 Å².